The summed E-state index contributed by atoms with van der Waals surface area (Å²) in [5, 5.41) is 3.62. The molecule has 0 aromatic carbocycles. The van der Waals surface area contributed by atoms with E-state index in [0.717, 1.165) is 31.7 Å². The van der Waals surface area contributed by atoms with Gasteiger partial charge in [-0.3, -0.25) is 4.79 Å². The predicted molar refractivity (Wildman–Crippen MR) is 71.2 cm³/mol. The van der Waals surface area contributed by atoms with Crippen LogP contribution in [0, 0.1) is 11.8 Å². The molecule has 1 heterocycles. The maximum absolute atomic E-state index is 12.3. The fraction of sp³-hybridized carbons (Fsp3) is 0.688. The Morgan fingerprint density at radius 1 is 1.06 bits per heavy atom. The maximum Gasteiger partial charge on any atom is 0.160 e. The van der Waals surface area contributed by atoms with Gasteiger partial charge in [0.2, 0.25) is 0 Å². The third kappa shape index (κ3) is 1.48. The lowest BCUT2D eigenvalue weighted by Gasteiger charge is -2.41. The highest BCUT2D eigenvalue weighted by atomic mass is 16.1. The van der Waals surface area contributed by atoms with Crippen LogP contribution in [0.2, 0.25) is 0 Å². The van der Waals surface area contributed by atoms with Crippen molar-refractivity contribution in [3.8, 4) is 0 Å². The Balaban J connectivity index is 1.85. The average molecular weight is 243 g/mol. The third-order valence-electron chi connectivity index (χ3n) is 5.35. The van der Waals surface area contributed by atoms with Crippen molar-refractivity contribution in [1.82, 2.24) is 5.32 Å². The van der Waals surface area contributed by atoms with Crippen LogP contribution in [0.3, 0.4) is 0 Å². The van der Waals surface area contributed by atoms with Gasteiger partial charge in [0.05, 0.1) is 0 Å². The molecule has 3 unspecified atom stereocenters. The molecule has 0 saturated heterocycles. The van der Waals surface area contributed by atoms with Crippen LogP contribution >= 0.6 is 0 Å². The van der Waals surface area contributed by atoms with Crippen molar-refractivity contribution in [3.05, 3.63) is 22.8 Å². The molecule has 2 fully saturated rings. The third-order valence-corrected chi connectivity index (χ3v) is 5.35. The molecule has 3 aliphatic carbocycles. The van der Waals surface area contributed by atoms with Gasteiger partial charge in [0.1, 0.15) is 0 Å². The van der Waals surface area contributed by atoms with E-state index in [2.05, 4.69) is 11.4 Å². The first kappa shape index (κ1) is 11.0. The van der Waals surface area contributed by atoms with Gasteiger partial charge < -0.3 is 5.32 Å². The van der Waals surface area contributed by atoms with E-state index in [1.807, 2.05) is 0 Å². The van der Waals surface area contributed by atoms with Crippen molar-refractivity contribution in [1.29, 1.82) is 0 Å². The van der Waals surface area contributed by atoms with Crippen LogP contribution in [0.15, 0.2) is 22.8 Å². The summed E-state index contributed by atoms with van der Waals surface area (Å²) in [6, 6.07) is 0.373. The summed E-state index contributed by atoms with van der Waals surface area (Å²) in [5.41, 5.74) is 4.26. The molecule has 0 spiro atoms. The second-order valence-corrected chi connectivity index (χ2v) is 6.31. The molecule has 0 amide bonds. The van der Waals surface area contributed by atoms with Crippen LogP contribution in [0.4, 0.5) is 0 Å². The fourth-order valence-corrected chi connectivity index (χ4v) is 4.52. The molecule has 0 aromatic rings. The number of fused-ring (bicyclic) bond motifs is 4. The topological polar surface area (TPSA) is 29.1 Å². The molecule has 1 N–H and O–H groups in total. The number of hydrogen-bond donors (Lipinski definition) is 1. The number of carbonyl (C=O) groups excluding carboxylic acids is 1. The summed E-state index contributed by atoms with van der Waals surface area (Å²) in [4.78, 5) is 12.3. The van der Waals surface area contributed by atoms with Crippen molar-refractivity contribution in [2.45, 2.75) is 51.0 Å². The van der Waals surface area contributed by atoms with E-state index in [0.29, 0.717) is 17.7 Å². The van der Waals surface area contributed by atoms with Gasteiger partial charge in [-0.25, -0.2) is 0 Å². The minimum Gasteiger partial charge on any atom is -0.309 e. The molecule has 0 radical (unpaired) electrons. The highest BCUT2D eigenvalue weighted by molar-refractivity contribution is 5.99. The average Bonchev–Trinajstić information content (AvgIpc) is 2.86. The molecule has 2 heteroatoms. The molecule has 96 valence electrons. The Bertz CT molecular complexity index is 460. The molecule has 3 atom stereocenters. The normalized spacial score (nSPS) is 39.0. The molecule has 4 aliphatic rings. The molecule has 1 aliphatic heterocycles. The Morgan fingerprint density at radius 3 is 2.89 bits per heavy atom. The predicted octanol–water partition coefficient (Wildman–Crippen LogP) is 2.75. The summed E-state index contributed by atoms with van der Waals surface area (Å²) in [6.07, 6.45) is 10.6. The maximum atomic E-state index is 12.3. The molecular formula is C16H21NO. The number of Topliss-reactive ketones (excluding diaryl/α,β-unsaturated/α-hetero) is 1. The van der Waals surface area contributed by atoms with E-state index < -0.39 is 0 Å². The Morgan fingerprint density at radius 2 is 1.94 bits per heavy atom. The van der Waals surface area contributed by atoms with Crippen LogP contribution in [0.5, 0.6) is 0 Å². The first-order chi connectivity index (χ1) is 8.84. The second-order valence-electron chi connectivity index (χ2n) is 6.31. The Labute approximate surface area is 109 Å². The summed E-state index contributed by atoms with van der Waals surface area (Å²) in [7, 11) is 0. The minimum atomic E-state index is 0.373. The summed E-state index contributed by atoms with van der Waals surface area (Å²) < 4.78 is 0. The van der Waals surface area contributed by atoms with E-state index in [1.54, 1.807) is 5.57 Å². The lowest BCUT2D eigenvalue weighted by atomic mass is 9.68. The molecule has 18 heavy (non-hydrogen) atoms. The van der Waals surface area contributed by atoms with Gasteiger partial charge in [-0.1, -0.05) is 6.08 Å². The highest BCUT2D eigenvalue weighted by Gasteiger charge is 2.41. The molecule has 2 saturated carbocycles. The molecule has 0 aromatic heterocycles. The van der Waals surface area contributed by atoms with E-state index in [4.69, 9.17) is 0 Å². The smallest absolute Gasteiger partial charge is 0.160 e. The summed E-state index contributed by atoms with van der Waals surface area (Å²) >= 11 is 0. The molecule has 2 nitrogen and oxygen atoms in total. The Hall–Kier alpha value is -0.890. The number of allylic oxidation sites excluding steroid dienone is 2. The minimum absolute atomic E-state index is 0.373. The number of carbonyl (C=O) groups is 1. The zero-order valence-electron chi connectivity index (χ0n) is 10.9. The van der Waals surface area contributed by atoms with Gasteiger partial charge in [-0.05, 0) is 61.5 Å². The lowest BCUT2D eigenvalue weighted by molar-refractivity contribution is -0.117. The van der Waals surface area contributed by atoms with Crippen molar-refractivity contribution < 1.29 is 4.79 Å². The number of ketones is 1. The quantitative estimate of drug-likeness (QED) is 0.709. The Kier molecular flexibility index (Phi) is 2.47. The van der Waals surface area contributed by atoms with Crippen molar-refractivity contribution in [2.75, 3.05) is 6.54 Å². The monoisotopic (exact) mass is 243 g/mol. The van der Waals surface area contributed by atoms with Crippen LogP contribution < -0.4 is 5.32 Å². The van der Waals surface area contributed by atoms with Gasteiger partial charge in [0.15, 0.2) is 5.78 Å². The van der Waals surface area contributed by atoms with Gasteiger partial charge in [-0.2, -0.15) is 0 Å². The second kappa shape index (κ2) is 4.06. The van der Waals surface area contributed by atoms with Crippen molar-refractivity contribution in [3.63, 3.8) is 0 Å². The lowest BCUT2D eigenvalue weighted by Crippen LogP contribution is -2.47. The van der Waals surface area contributed by atoms with Crippen LogP contribution in [-0.2, 0) is 4.79 Å². The standard InChI is InChI=1S/C16H21NO/c18-14-6-2-5-13-16(14)15-11(9-17-13)8-7-10-3-1-4-12(10)15/h4,10-11,13,17H,1-3,5-9H2. The first-order valence-electron chi connectivity index (χ1n) is 7.55. The van der Waals surface area contributed by atoms with Gasteiger partial charge in [-0.15, -0.1) is 0 Å². The van der Waals surface area contributed by atoms with Crippen LogP contribution in [0.25, 0.3) is 0 Å². The van der Waals surface area contributed by atoms with Crippen LogP contribution in [0.1, 0.15) is 44.9 Å². The largest absolute Gasteiger partial charge is 0.309 e. The fourth-order valence-electron chi connectivity index (χ4n) is 4.52. The highest BCUT2D eigenvalue weighted by Crippen LogP contribution is 2.48. The number of nitrogens with one attached hydrogen (secondary N) is 1. The van der Waals surface area contributed by atoms with Crippen molar-refractivity contribution >= 4 is 5.78 Å². The van der Waals surface area contributed by atoms with Gasteiger partial charge in [0.25, 0.3) is 0 Å². The number of rotatable bonds is 0. The van der Waals surface area contributed by atoms with E-state index in [9.17, 15) is 4.79 Å². The number of hydrogen-bond acceptors (Lipinski definition) is 2. The molecular weight excluding hydrogens is 222 g/mol. The van der Waals surface area contributed by atoms with Gasteiger partial charge in [0, 0.05) is 24.6 Å². The zero-order chi connectivity index (χ0) is 12.1. The molecule has 0 bridgehead atoms. The van der Waals surface area contributed by atoms with Crippen molar-refractivity contribution in [2.24, 2.45) is 11.8 Å². The van der Waals surface area contributed by atoms with Crippen LogP contribution in [-0.4, -0.2) is 18.4 Å². The summed E-state index contributed by atoms with van der Waals surface area (Å²) in [6.45, 7) is 1.10. The van der Waals surface area contributed by atoms with E-state index >= 15 is 0 Å². The molecule has 4 rings (SSSR count). The first-order valence-corrected chi connectivity index (χ1v) is 7.55. The van der Waals surface area contributed by atoms with E-state index in [1.165, 1.54) is 36.8 Å². The van der Waals surface area contributed by atoms with Gasteiger partial charge >= 0.3 is 0 Å². The zero-order valence-corrected chi connectivity index (χ0v) is 10.9. The SMILES string of the molecule is O=C1CCCC2NCC3CCC4CCC=C4C3=C12. The van der Waals surface area contributed by atoms with E-state index in [-0.39, 0.29) is 0 Å². The summed E-state index contributed by atoms with van der Waals surface area (Å²) in [5.74, 6) is 1.84.